The maximum absolute atomic E-state index is 13.6. The molecule has 12 heteroatoms. The molecule has 186 valence electrons. The van der Waals surface area contributed by atoms with Crippen molar-refractivity contribution in [2.45, 2.75) is 56.0 Å². The normalized spacial score (nSPS) is 21.8. The van der Waals surface area contributed by atoms with Crippen molar-refractivity contribution < 1.29 is 13.2 Å². The van der Waals surface area contributed by atoms with Gasteiger partial charge in [-0.2, -0.15) is 4.72 Å². The smallest absolute Gasteiger partial charge is 0.244 e. The SMILES string of the molecule is Nc1cc(Cl)cc(Cl)c1S(=O)(=O)NC(CCn1ccnc1Cl)C(=O)N1CCC2CCCC[C@@H]2C1. The van der Waals surface area contributed by atoms with Gasteiger partial charge in [0.25, 0.3) is 0 Å². The van der Waals surface area contributed by atoms with Crippen LogP contribution < -0.4 is 10.5 Å². The van der Waals surface area contributed by atoms with Gasteiger partial charge in [-0.15, -0.1) is 0 Å². The van der Waals surface area contributed by atoms with Gasteiger partial charge < -0.3 is 15.2 Å². The standard InChI is InChI=1S/C22H28Cl3N5O3S/c23-16-11-17(24)20(18(26)12-16)34(32,33)28-19(6-9-29-10-7-27-22(29)25)21(31)30-8-5-14-3-1-2-4-15(14)13-30/h7,10-12,14-15,19,28H,1-6,8-9,13,26H2/t14?,15-,19?/m1/s1. The highest BCUT2D eigenvalue weighted by Gasteiger charge is 2.37. The minimum Gasteiger partial charge on any atom is -0.398 e. The molecule has 1 aliphatic carbocycles. The number of nitrogens with one attached hydrogen (secondary N) is 1. The third-order valence-electron chi connectivity index (χ3n) is 6.83. The van der Waals surface area contributed by atoms with E-state index in [1.807, 2.05) is 0 Å². The highest BCUT2D eigenvalue weighted by molar-refractivity contribution is 7.89. The number of nitrogens with zero attached hydrogens (tertiary/aromatic N) is 3. The molecule has 1 aromatic carbocycles. The zero-order chi connectivity index (χ0) is 24.5. The van der Waals surface area contributed by atoms with E-state index >= 15 is 0 Å². The van der Waals surface area contributed by atoms with E-state index in [1.165, 1.54) is 31.4 Å². The van der Waals surface area contributed by atoms with Gasteiger partial charge in [-0.25, -0.2) is 13.4 Å². The van der Waals surface area contributed by atoms with Gasteiger partial charge in [-0.05, 0) is 54.8 Å². The minimum atomic E-state index is -4.22. The number of imidazole rings is 1. The number of amides is 1. The molecule has 3 N–H and O–H groups in total. The van der Waals surface area contributed by atoms with Gasteiger partial charge in [0.15, 0.2) is 0 Å². The third-order valence-corrected chi connectivity index (χ3v) is 9.36. The van der Waals surface area contributed by atoms with Crippen molar-refractivity contribution in [3.63, 3.8) is 0 Å². The monoisotopic (exact) mass is 547 g/mol. The number of fused-ring (bicyclic) bond motifs is 1. The number of aromatic nitrogens is 2. The molecule has 2 aliphatic rings. The number of aryl methyl sites for hydroxylation is 1. The van der Waals surface area contributed by atoms with Gasteiger partial charge in [0.1, 0.15) is 10.9 Å². The van der Waals surface area contributed by atoms with Crippen molar-refractivity contribution in [2.24, 2.45) is 11.8 Å². The second-order valence-electron chi connectivity index (χ2n) is 9.04. The Morgan fingerprint density at radius 1 is 1.18 bits per heavy atom. The summed E-state index contributed by atoms with van der Waals surface area (Å²) in [6.07, 6.45) is 9.08. The van der Waals surface area contributed by atoms with E-state index in [1.54, 1.807) is 21.9 Å². The average Bonchev–Trinajstić information content (AvgIpc) is 3.19. The van der Waals surface area contributed by atoms with Crippen LogP contribution in [0.1, 0.15) is 38.5 Å². The Kier molecular flexibility index (Phi) is 7.99. The lowest BCUT2D eigenvalue weighted by atomic mass is 9.75. The summed E-state index contributed by atoms with van der Waals surface area (Å²) in [6, 6.07) is 1.61. The zero-order valence-corrected chi connectivity index (χ0v) is 21.7. The van der Waals surface area contributed by atoms with E-state index in [2.05, 4.69) is 9.71 Å². The van der Waals surface area contributed by atoms with Crippen LogP contribution in [-0.4, -0.2) is 47.9 Å². The molecule has 4 rings (SSSR count). The van der Waals surface area contributed by atoms with Gasteiger partial charge in [0.2, 0.25) is 21.2 Å². The molecule has 1 saturated heterocycles. The van der Waals surface area contributed by atoms with Crippen LogP contribution >= 0.6 is 34.8 Å². The number of halogens is 3. The van der Waals surface area contributed by atoms with Crippen LogP contribution in [-0.2, 0) is 21.4 Å². The number of carbonyl (C=O) groups excluding carboxylic acids is 1. The van der Waals surface area contributed by atoms with E-state index in [-0.39, 0.29) is 38.2 Å². The van der Waals surface area contributed by atoms with Gasteiger partial charge >= 0.3 is 0 Å². The number of anilines is 1. The van der Waals surface area contributed by atoms with Crippen molar-refractivity contribution in [1.82, 2.24) is 19.2 Å². The van der Waals surface area contributed by atoms with Gasteiger partial charge in [-0.3, -0.25) is 4.79 Å². The van der Waals surface area contributed by atoms with E-state index in [4.69, 9.17) is 40.5 Å². The second-order valence-corrected chi connectivity index (χ2v) is 11.9. The van der Waals surface area contributed by atoms with Crippen LogP contribution in [0.3, 0.4) is 0 Å². The first-order chi connectivity index (χ1) is 16.2. The molecule has 3 atom stereocenters. The molecule has 2 unspecified atom stereocenters. The molecule has 2 heterocycles. The van der Waals surface area contributed by atoms with Crippen molar-refractivity contribution in [3.8, 4) is 0 Å². The largest absolute Gasteiger partial charge is 0.398 e. The summed E-state index contributed by atoms with van der Waals surface area (Å²) in [5, 5.41) is 0.380. The maximum atomic E-state index is 13.6. The summed E-state index contributed by atoms with van der Waals surface area (Å²) in [4.78, 5) is 19.1. The minimum absolute atomic E-state index is 0.0862. The van der Waals surface area contributed by atoms with Crippen molar-refractivity contribution in [1.29, 1.82) is 0 Å². The van der Waals surface area contributed by atoms with Crippen molar-refractivity contribution in [3.05, 3.63) is 39.9 Å². The number of rotatable bonds is 7. The van der Waals surface area contributed by atoms with Crippen LogP contribution in [0.25, 0.3) is 0 Å². The molecule has 2 fully saturated rings. The zero-order valence-electron chi connectivity index (χ0n) is 18.6. The summed E-state index contributed by atoms with van der Waals surface area (Å²) in [5.74, 6) is 0.853. The fourth-order valence-electron chi connectivity index (χ4n) is 5.11. The van der Waals surface area contributed by atoms with Crippen LogP contribution in [0.4, 0.5) is 5.69 Å². The second kappa shape index (κ2) is 10.6. The highest BCUT2D eigenvalue weighted by atomic mass is 35.5. The predicted molar refractivity (Wildman–Crippen MR) is 133 cm³/mol. The number of nitrogen functional groups attached to an aromatic ring is 1. The summed E-state index contributed by atoms with van der Waals surface area (Å²) < 4.78 is 30.8. The lowest BCUT2D eigenvalue weighted by Crippen LogP contribution is -2.53. The van der Waals surface area contributed by atoms with E-state index in [0.717, 1.165) is 12.8 Å². The summed E-state index contributed by atoms with van der Waals surface area (Å²) in [6.45, 7) is 1.58. The van der Waals surface area contributed by atoms with Crippen molar-refractivity contribution in [2.75, 3.05) is 18.8 Å². The van der Waals surface area contributed by atoms with Crippen molar-refractivity contribution >= 4 is 56.4 Å². The van der Waals surface area contributed by atoms with Gasteiger partial charge in [-0.1, -0.05) is 42.5 Å². The fourth-order valence-corrected chi connectivity index (χ4v) is 7.52. The first kappa shape index (κ1) is 25.6. The summed E-state index contributed by atoms with van der Waals surface area (Å²) in [5.41, 5.74) is 5.85. The molecule has 2 aromatic rings. The number of sulfonamides is 1. The summed E-state index contributed by atoms with van der Waals surface area (Å²) >= 11 is 18.2. The third kappa shape index (κ3) is 5.65. The number of benzene rings is 1. The van der Waals surface area contributed by atoms with E-state index in [0.29, 0.717) is 31.5 Å². The van der Waals surface area contributed by atoms with Crippen LogP contribution in [0.15, 0.2) is 29.4 Å². The molecule has 34 heavy (non-hydrogen) atoms. The molecule has 1 aromatic heterocycles. The number of likely N-dealkylation sites (tertiary alicyclic amines) is 1. The Hall–Kier alpha value is -1.52. The molecule has 1 amide bonds. The molecule has 8 nitrogen and oxygen atoms in total. The van der Waals surface area contributed by atoms with Crippen LogP contribution in [0.5, 0.6) is 0 Å². The van der Waals surface area contributed by atoms with Gasteiger partial charge in [0.05, 0.1) is 10.7 Å². The molecular weight excluding hydrogens is 521 g/mol. The Morgan fingerprint density at radius 2 is 1.91 bits per heavy atom. The summed E-state index contributed by atoms with van der Waals surface area (Å²) in [7, 11) is -4.22. The highest BCUT2D eigenvalue weighted by Crippen LogP contribution is 2.36. The number of piperidine rings is 1. The fraction of sp³-hybridized carbons (Fsp3) is 0.545. The maximum Gasteiger partial charge on any atom is 0.244 e. The van der Waals surface area contributed by atoms with E-state index in [9.17, 15) is 13.2 Å². The molecule has 0 spiro atoms. The first-order valence-electron chi connectivity index (χ1n) is 11.4. The van der Waals surface area contributed by atoms with Crippen LogP contribution in [0.2, 0.25) is 15.3 Å². The molecular formula is C22H28Cl3N5O3S. The molecule has 1 aliphatic heterocycles. The number of nitrogens with two attached hydrogens (primary N) is 1. The Balaban J connectivity index is 1.57. The lowest BCUT2D eigenvalue weighted by Gasteiger charge is -2.42. The van der Waals surface area contributed by atoms with Gasteiger partial charge in [0, 0.05) is 37.1 Å². The lowest BCUT2D eigenvalue weighted by molar-refractivity contribution is -0.136. The first-order valence-corrected chi connectivity index (χ1v) is 14.0. The van der Waals surface area contributed by atoms with Crippen LogP contribution in [0, 0.1) is 11.8 Å². The number of hydrogen-bond donors (Lipinski definition) is 2. The topological polar surface area (TPSA) is 110 Å². The molecule has 1 saturated carbocycles. The number of hydrogen-bond acceptors (Lipinski definition) is 5. The predicted octanol–water partition coefficient (Wildman–Crippen LogP) is 4.20. The molecule has 0 radical (unpaired) electrons. The number of carbonyl (C=O) groups is 1. The molecule has 0 bridgehead atoms. The quantitative estimate of drug-likeness (QED) is 0.504. The Morgan fingerprint density at radius 3 is 2.59 bits per heavy atom. The average molecular weight is 549 g/mol. The van der Waals surface area contributed by atoms with E-state index < -0.39 is 16.1 Å². The Labute approximate surface area is 214 Å². The Bertz CT molecular complexity index is 1130.